The van der Waals surface area contributed by atoms with Gasteiger partial charge < -0.3 is 10.1 Å². The van der Waals surface area contributed by atoms with Crippen molar-refractivity contribution < 1.29 is 4.74 Å². The maximum atomic E-state index is 5.32. The van der Waals surface area contributed by atoms with E-state index in [4.69, 9.17) is 4.74 Å². The molecule has 1 rings (SSSR count). The molecule has 0 spiro atoms. The summed E-state index contributed by atoms with van der Waals surface area (Å²) in [7, 11) is 0. The molecule has 1 N–H and O–H groups in total. The smallest absolute Gasteiger partial charge is 0.156 e. The summed E-state index contributed by atoms with van der Waals surface area (Å²) < 4.78 is 6.28. The molecule has 16 heavy (non-hydrogen) atoms. The highest BCUT2D eigenvalue weighted by molar-refractivity contribution is 9.10. The number of hydrogen-bond donors (Lipinski definition) is 1. The van der Waals surface area contributed by atoms with Gasteiger partial charge in [-0.15, -0.1) is 0 Å². The van der Waals surface area contributed by atoms with Crippen molar-refractivity contribution in [2.45, 2.75) is 33.8 Å². The van der Waals surface area contributed by atoms with E-state index in [0.717, 1.165) is 34.8 Å². The highest BCUT2D eigenvalue weighted by atomic mass is 79.9. The third-order valence-corrected chi connectivity index (χ3v) is 2.91. The van der Waals surface area contributed by atoms with Crippen LogP contribution in [0.2, 0.25) is 0 Å². The molecule has 0 amide bonds. The normalized spacial score (nSPS) is 10.5. The largest absolute Gasteiger partial charge is 0.374 e. The summed E-state index contributed by atoms with van der Waals surface area (Å²) >= 11 is 3.52. The lowest BCUT2D eigenvalue weighted by Gasteiger charge is -2.11. The molecule has 0 atom stereocenters. The van der Waals surface area contributed by atoms with Gasteiger partial charge in [0, 0.05) is 13.2 Å². The van der Waals surface area contributed by atoms with Crippen molar-refractivity contribution in [1.82, 2.24) is 9.97 Å². The first-order valence-electron chi connectivity index (χ1n) is 5.59. The Bertz CT molecular complexity index is 344. The fourth-order valence-corrected chi connectivity index (χ4v) is 1.92. The fourth-order valence-electron chi connectivity index (χ4n) is 1.32. The number of anilines is 1. The van der Waals surface area contributed by atoms with Crippen LogP contribution in [-0.2, 0) is 17.8 Å². The van der Waals surface area contributed by atoms with Gasteiger partial charge >= 0.3 is 0 Å². The van der Waals surface area contributed by atoms with Crippen LogP contribution in [0.5, 0.6) is 0 Å². The summed E-state index contributed by atoms with van der Waals surface area (Å²) in [5.74, 6) is 1.59. The zero-order valence-corrected chi connectivity index (χ0v) is 11.6. The number of hydrogen-bond acceptors (Lipinski definition) is 4. The number of aromatic nitrogens is 2. The van der Waals surface area contributed by atoms with E-state index in [9.17, 15) is 0 Å². The van der Waals surface area contributed by atoms with E-state index in [0.29, 0.717) is 13.2 Å². The first-order valence-corrected chi connectivity index (χ1v) is 6.39. The number of halogens is 1. The minimum Gasteiger partial charge on any atom is -0.374 e. The molecule has 0 aliphatic carbocycles. The number of ether oxygens (including phenoxy) is 1. The molecule has 0 saturated carbocycles. The van der Waals surface area contributed by atoms with Crippen molar-refractivity contribution in [2.75, 3.05) is 18.5 Å². The van der Waals surface area contributed by atoms with Gasteiger partial charge in [-0.25, -0.2) is 9.97 Å². The van der Waals surface area contributed by atoms with E-state index in [-0.39, 0.29) is 0 Å². The Morgan fingerprint density at radius 2 is 2.00 bits per heavy atom. The second-order valence-corrected chi connectivity index (χ2v) is 4.06. The molecule has 0 unspecified atom stereocenters. The van der Waals surface area contributed by atoms with Gasteiger partial charge in [0.2, 0.25) is 0 Å². The summed E-state index contributed by atoms with van der Waals surface area (Å²) in [6.07, 6.45) is 0.876. The van der Waals surface area contributed by atoms with Crippen molar-refractivity contribution in [3.8, 4) is 0 Å². The van der Waals surface area contributed by atoms with Crippen molar-refractivity contribution in [3.63, 3.8) is 0 Å². The van der Waals surface area contributed by atoms with E-state index in [1.165, 1.54) is 0 Å². The second-order valence-electron chi connectivity index (χ2n) is 3.27. The quantitative estimate of drug-likeness (QED) is 0.874. The first-order chi connectivity index (χ1) is 7.72. The minimum absolute atomic E-state index is 0.467. The third kappa shape index (κ3) is 3.42. The van der Waals surface area contributed by atoms with E-state index < -0.39 is 0 Å². The highest BCUT2D eigenvalue weighted by Crippen LogP contribution is 2.24. The Kier molecular flexibility index (Phi) is 5.69. The summed E-state index contributed by atoms with van der Waals surface area (Å²) in [5.41, 5.74) is 1.01. The Morgan fingerprint density at radius 3 is 2.56 bits per heavy atom. The summed E-state index contributed by atoms with van der Waals surface area (Å²) in [6, 6.07) is 0. The van der Waals surface area contributed by atoms with Gasteiger partial charge in [-0.3, -0.25) is 0 Å². The van der Waals surface area contributed by atoms with Gasteiger partial charge in [0.15, 0.2) is 5.82 Å². The Hall–Kier alpha value is -0.680. The standard InChI is InChI=1S/C11H18BrN3O/c1-4-8-10(12)11(13-5-2)15-9(14-8)7-16-6-3/h4-7H2,1-3H3,(H,13,14,15). The van der Waals surface area contributed by atoms with Crippen LogP contribution in [0.3, 0.4) is 0 Å². The van der Waals surface area contributed by atoms with Crippen LogP contribution in [0, 0.1) is 0 Å². The molecule has 0 saturated heterocycles. The van der Waals surface area contributed by atoms with Crippen LogP contribution in [0.25, 0.3) is 0 Å². The molecular weight excluding hydrogens is 270 g/mol. The number of rotatable bonds is 6. The van der Waals surface area contributed by atoms with E-state index in [1.807, 2.05) is 13.8 Å². The summed E-state index contributed by atoms with van der Waals surface area (Å²) in [6.45, 7) is 8.07. The maximum absolute atomic E-state index is 5.32. The van der Waals surface area contributed by atoms with E-state index in [2.05, 4.69) is 38.1 Å². The molecule has 1 aromatic rings. The lowest BCUT2D eigenvalue weighted by Crippen LogP contribution is -2.08. The lowest BCUT2D eigenvalue weighted by atomic mass is 10.3. The molecule has 4 nitrogen and oxygen atoms in total. The van der Waals surface area contributed by atoms with Crippen molar-refractivity contribution >= 4 is 21.7 Å². The third-order valence-electron chi connectivity index (χ3n) is 2.08. The maximum Gasteiger partial charge on any atom is 0.156 e. The van der Waals surface area contributed by atoms with Crippen molar-refractivity contribution in [2.24, 2.45) is 0 Å². The molecule has 90 valence electrons. The predicted octanol–water partition coefficient (Wildman–Crippen LogP) is 2.77. The van der Waals surface area contributed by atoms with Crippen LogP contribution in [0.4, 0.5) is 5.82 Å². The number of aryl methyl sites for hydroxylation is 1. The molecule has 0 fully saturated rings. The van der Waals surface area contributed by atoms with E-state index in [1.54, 1.807) is 0 Å². The number of nitrogens with zero attached hydrogens (tertiary/aromatic N) is 2. The van der Waals surface area contributed by atoms with Gasteiger partial charge in [0.25, 0.3) is 0 Å². The first kappa shape index (κ1) is 13.4. The van der Waals surface area contributed by atoms with Gasteiger partial charge in [-0.1, -0.05) is 6.92 Å². The zero-order valence-electron chi connectivity index (χ0n) is 10.0. The highest BCUT2D eigenvalue weighted by Gasteiger charge is 2.10. The molecular formula is C11H18BrN3O. The van der Waals surface area contributed by atoms with Gasteiger partial charge in [-0.2, -0.15) is 0 Å². The number of nitrogens with one attached hydrogen (secondary N) is 1. The predicted molar refractivity (Wildman–Crippen MR) is 68.6 cm³/mol. The second kappa shape index (κ2) is 6.81. The average molecular weight is 288 g/mol. The molecule has 0 aliphatic heterocycles. The molecule has 0 radical (unpaired) electrons. The van der Waals surface area contributed by atoms with Crippen molar-refractivity contribution in [3.05, 3.63) is 16.0 Å². The van der Waals surface area contributed by atoms with E-state index >= 15 is 0 Å². The van der Waals surface area contributed by atoms with Crippen LogP contribution in [0.15, 0.2) is 4.47 Å². The van der Waals surface area contributed by atoms with Gasteiger partial charge in [0.05, 0.1) is 10.2 Å². The molecule has 0 aromatic carbocycles. The monoisotopic (exact) mass is 287 g/mol. The molecule has 1 heterocycles. The molecule has 5 heteroatoms. The molecule has 0 bridgehead atoms. The Morgan fingerprint density at radius 1 is 1.25 bits per heavy atom. The van der Waals surface area contributed by atoms with Crippen LogP contribution in [0.1, 0.15) is 32.3 Å². The molecule has 1 aromatic heterocycles. The van der Waals surface area contributed by atoms with Crippen LogP contribution >= 0.6 is 15.9 Å². The van der Waals surface area contributed by atoms with Crippen molar-refractivity contribution in [1.29, 1.82) is 0 Å². The Balaban J connectivity index is 2.97. The fraction of sp³-hybridized carbons (Fsp3) is 0.636. The Labute approximate surface area is 105 Å². The summed E-state index contributed by atoms with van der Waals surface area (Å²) in [4.78, 5) is 8.86. The average Bonchev–Trinajstić information content (AvgIpc) is 2.30. The minimum atomic E-state index is 0.467. The van der Waals surface area contributed by atoms with Crippen LogP contribution < -0.4 is 5.32 Å². The SMILES string of the molecule is CCNc1nc(COCC)nc(CC)c1Br. The topological polar surface area (TPSA) is 47.0 Å². The zero-order chi connectivity index (χ0) is 12.0. The van der Waals surface area contributed by atoms with Gasteiger partial charge in [0.1, 0.15) is 12.4 Å². The lowest BCUT2D eigenvalue weighted by molar-refractivity contribution is 0.128. The molecule has 0 aliphatic rings. The summed E-state index contributed by atoms with van der Waals surface area (Å²) in [5, 5.41) is 3.21. The van der Waals surface area contributed by atoms with Gasteiger partial charge in [-0.05, 0) is 36.2 Å². The van der Waals surface area contributed by atoms with Crippen LogP contribution in [-0.4, -0.2) is 23.1 Å².